The highest BCUT2D eigenvalue weighted by Gasteiger charge is 2.17. The maximum Gasteiger partial charge on any atom is 0.271 e. The van der Waals surface area contributed by atoms with Crippen LogP contribution < -0.4 is 9.62 Å². The number of benzene rings is 1. The normalized spacial score (nSPS) is 14.4. The van der Waals surface area contributed by atoms with Gasteiger partial charge in [-0.05, 0) is 55.7 Å². The number of hydrogen-bond acceptors (Lipinski definition) is 6. The van der Waals surface area contributed by atoms with Crippen LogP contribution in [0.25, 0.3) is 11.3 Å². The minimum absolute atomic E-state index is 0.324. The van der Waals surface area contributed by atoms with E-state index < -0.39 is 10.0 Å². The standard InChI is InChI=1S/C20H22N4O2S2/c1-2-17-8-11-20(27-17)28(25,26)23-16-7-5-6-15(14-16)18-9-10-19(22-21-18)24-12-3-4-13-24/h5-11,14,23H,2-4,12-13H2,1H3. The molecule has 6 nitrogen and oxygen atoms in total. The Morgan fingerprint density at radius 1 is 1.07 bits per heavy atom. The van der Waals surface area contributed by atoms with Crippen molar-refractivity contribution in [1.29, 1.82) is 0 Å². The van der Waals surface area contributed by atoms with E-state index in [0.29, 0.717) is 15.6 Å². The van der Waals surface area contributed by atoms with E-state index >= 15 is 0 Å². The summed E-state index contributed by atoms with van der Waals surface area (Å²) in [4.78, 5) is 3.27. The fraction of sp³-hybridized carbons (Fsp3) is 0.300. The average molecular weight is 415 g/mol. The van der Waals surface area contributed by atoms with Gasteiger partial charge in [-0.2, -0.15) is 0 Å². The summed E-state index contributed by atoms with van der Waals surface area (Å²) in [5, 5.41) is 8.68. The van der Waals surface area contributed by atoms with Gasteiger partial charge in [0.1, 0.15) is 4.21 Å². The number of rotatable bonds is 6. The molecule has 0 aliphatic carbocycles. The molecule has 2 aromatic heterocycles. The minimum Gasteiger partial charge on any atom is -0.355 e. The lowest BCUT2D eigenvalue weighted by Crippen LogP contribution is -2.19. The lowest BCUT2D eigenvalue weighted by Gasteiger charge is -2.15. The van der Waals surface area contributed by atoms with Gasteiger partial charge >= 0.3 is 0 Å². The van der Waals surface area contributed by atoms with Crippen molar-refractivity contribution in [2.75, 3.05) is 22.7 Å². The maximum atomic E-state index is 12.6. The zero-order chi connectivity index (χ0) is 19.6. The molecule has 4 rings (SSSR count). The van der Waals surface area contributed by atoms with Crippen LogP contribution in [0.1, 0.15) is 24.6 Å². The van der Waals surface area contributed by atoms with Crippen molar-refractivity contribution in [3.8, 4) is 11.3 Å². The molecule has 0 unspecified atom stereocenters. The number of aromatic nitrogens is 2. The fourth-order valence-corrected chi connectivity index (χ4v) is 5.58. The number of anilines is 2. The Hall–Kier alpha value is -2.45. The van der Waals surface area contributed by atoms with Crippen LogP contribution in [-0.4, -0.2) is 31.7 Å². The minimum atomic E-state index is -3.59. The van der Waals surface area contributed by atoms with E-state index in [0.717, 1.165) is 35.8 Å². The second-order valence-electron chi connectivity index (χ2n) is 6.73. The highest BCUT2D eigenvalue weighted by atomic mass is 32.2. The third-order valence-electron chi connectivity index (χ3n) is 4.74. The molecule has 1 N–H and O–H groups in total. The summed E-state index contributed by atoms with van der Waals surface area (Å²) in [7, 11) is -3.59. The number of aryl methyl sites for hydroxylation is 1. The third-order valence-corrected chi connectivity index (χ3v) is 7.84. The third kappa shape index (κ3) is 4.02. The van der Waals surface area contributed by atoms with E-state index in [2.05, 4.69) is 19.8 Å². The van der Waals surface area contributed by atoms with Crippen molar-refractivity contribution in [3.05, 3.63) is 53.4 Å². The monoisotopic (exact) mass is 414 g/mol. The zero-order valence-corrected chi connectivity index (χ0v) is 17.3. The van der Waals surface area contributed by atoms with Gasteiger partial charge in [0, 0.05) is 29.2 Å². The lowest BCUT2D eigenvalue weighted by molar-refractivity contribution is 0.603. The van der Waals surface area contributed by atoms with Crippen LogP contribution in [0.5, 0.6) is 0 Å². The van der Waals surface area contributed by atoms with Gasteiger partial charge in [-0.3, -0.25) is 4.72 Å². The van der Waals surface area contributed by atoms with E-state index in [1.54, 1.807) is 18.2 Å². The molecule has 3 heterocycles. The molecule has 0 bridgehead atoms. The smallest absolute Gasteiger partial charge is 0.271 e. The molecule has 1 aliphatic rings. The first-order valence-corrected chi connectivity index (χ1v) is 11.7. The fourth-order valence-electron chi connectivity index (χ4n) is 3.23. The van der Waals surface area contributed by atoms with Gasteiger partial charge < -0.3 is 4.90 Å². The lowest BCUT2D eigenvalue weighted by atomic mass is 10.1. The van der Waals surface area contributed by atoms with Gasteiger partial charge in [0.25, 0.3) is 10.0 Å². The van der Waals surface area contributed by atoms with E-state index in [4.69, 9.17) is 0 Å². The molecule has 1 fully saturated rings. The second-order valence-corrected chi connectivity index (χ2v) is 9.81. The first-order chi connectivity index (χ1) is 13.5. The Morgan fingerprint density at radius 3 is 2.57 bits per heavy atom. The van der Waals surface area contributed by atoms with E-state index in [-0.39, 0.29) is 0 Å². The molecular weight excluding hydrogens is 392 g/mol. The summed E-state index contributed by atoms with van der Waals surface area (Å²) >= 11 is 1.30. The van der Waals surface area contributed by atoms with Crippen LogP contribution in [0.2, 0.25) is 0 Å². The number of nitrogens with one attached hydrogen (secondary N) is 1. The summed E-state index contributed by atoms with van der Waals surface area (Å²) < 4.78 is 28.3. The van der Waals surface area contributed by atoms with Crippen LogP contribution in [0, 0.1) is 0 Å². The molecule has 146 valence electrons. The van der Waals surface area contributed by atoms with Crippen LogP contribution in [0.3, 0.4) is 0 Å². The summed E-state index contributed by atoms with van der Waals surface area (Å²) in [5.41, 5.74) is 2.05. The number of thiophene rings is 1. The number of hydrogen-bond donors (Lipinski definition) is 1. The van der Waals surface area contributed by atoms with Crippen LogP contribution in [0.15, 0.2) is 52.7 Å². The quantitative estimate of drug-likeness (QED) is 0.655. The average Bonchev–Trinajstić information content (AvgIpc) is 3.40. The van der Waals surface area contributed by atoms with Crippen LogP contribution >= 0.6 is 11.3 Å². The first-order valence-electron chi connectivity index (χ1n) is 9.36. The van der Waals surface area contributed by atoms with Crippen LogP contribution in [0.4, 0.5) is 11.5 Å². The molecular formula is C20H22N4O2S2. The van der Waals surface area contributed by atoms with Gasteiger partial charge in [0.05, 0.1) is 5.69 Å². The summed E-state index contributed by atoms with van der Waals surface area (Å²) in [6.07, 6.45) is 3.20. The SMILES string of the molecule is CCc1ccc(S(=O)(=O)Nc2cccc(-c3ccc(N4CCCC4)nn3)c2)s1. The first kappa shape index (κ1) is 18.9. The second kappa shape index (κ2) is 7.89. The Bertz CT molecular complexity index is 1060. The summed E-state index contributed by atoms with van der Waals surface area (Å²) in [6.45, 7) is 4.05. The summed E-state index contributed by atoms with van der Waals surface area (Å²) in [5.74, 6) is 0.891. The zero-order valence-electron chi connectivity index (χ0n) is 15.6. The van der Waals surface area contributed by atoms with Crippen molar-refractivity contribution in [1.82, 2.24) is 10.2 Å². The van der Waals surface area contributed by atoms with Crippen molar-refractivity contribution in [2.45, 2.75) is 30.4 Å². The molecule has 0 radical (unpaired) electrons. The van der Waals surface area contributed by atoms with Gasteiger partial charge in [0.15, 0.2) is 5.82 Å². The van der Waals surface area contributed by atoms with Crippen molar-refractivity contribution in [3.63, 3.8) is 0 Å². The molecule has 28 heavy (non-hydrogen) atoms. The molecule has 0 amide bonds. The topological polar surface area (TPSA) is 75.2 Å². The van der Waals surface area contributed by atoms with Crippen molar-refractivity contribution >= 4 is 32.9 Å². The largest absolute Gasteiger partial charge is 0.355 e. The predicted octanol–water partition coefficient (Wildman–Crippen LogP) is 4.17. The highest BCUT2D eigenvalue weighted by Crippen LogP contribution is 2.27. The molecule has 0 saturated carbocycles. The number of nitrogens with zero attached hydrogens (tertiary/aromatic N) is 3. The molecule has 8 heteroatoms. The Balaban J connectivity index is 1.54. The molecule has 1 saturated heterocycles. The molecule has 1 aromatic carbocycles. The van der Waals surface area contributed by atoms with Gasteiger partial charge in [0.2, 0.25) is 0 Å². The highest BCUT2D eigenvalue weighted by molar-refractivity contribution is 7.94. The molecule has 1 aliphatic heterocycles. The Labute approximate surface area is 169 Å². The molecule has 3 aromatic rings. The maximum absolute atomic E-state index is 12.6. The van der Waals surface area contributed by atoms with Crippen molar-refractivity contribution < 1.29 is 8.42 Å². The van der Waals surface area contributed by atoms with Crippen molar-refractivity contribution in [2.24, 2.45) is 0 Å². The van der Waals surface area contributed by atoms with E-state index in [9.17, 15) is 8.42 Å². The number of sulfonamides is 1. The molecule has 0 spiro atoms. The van der Waals surface area contributed by atoms with E-state index in [1.807, 2.05) is 37.3 Å². The Kier molecular flexibility index (Phi) is 5.32. The van der Waals surface area contributed by atoms with Crippen LogP contribution in [-0.2, 0) is 16.4 Å². The van der Waals surface area contributed by atoms with Gasteiger partial charge in [-0.25, -0.2) is 8.42 Å². The molecule has 0 atom stereocenters. The Morgan fingerprint density at radius 2 is 1.89 bits per heavy atom. The van der Waals surface area contributed by atoms with Gasteiger partial charge in [-0.1, -0.05) is 19.1 Å². The predicted molar refractivity (Wildman–Crippen MR) is 113 cm³/mol. The van der Waals surface area contributed by atoms with Gasteiger partial charge in [-0.15, -0.1) is 21.5 Å². The summed E-state index contributed by atoms with van der Waals surface area (Å²) in [6, 6.07) is 14.6. The van der Waals surface area contributed by atoms with E-state index in [1.165, 1.54) is 24.2 Å².